The molecule has 2 aromatic rings. The van der Waals surface area contributed by atoms with Crippen molar-refractivity contribution in [2.45, 2.75) is 32.9 Å². The first kappa shape index (κ1) is 11.3. The van der Waals surface area contributed by atoms with Crippen molar-refractivity contribution < 1.29 is 0 Å². The van der Waals surface area contributed by atoms with Gasteiger partial charge in [0.15, 0.2) is 0 Å². The Bertz CT molecular complexity index is 421. The second-order valence-electron chi connectivity index (χ2n) is 3.66. The zero-order valence-electron chi connectivity index (χ0n) is 9.53. The van der Waals surface area contributed by atoms with E-state index in [1.54, 1.807) is 17.5 Å². The van der Waals surface area contributed by atoms with Crippen molar-refractivity contribution in [1.29, 1.82) is 0 Å². The van der Waals surface area contributed by atoms with Crippen LogP contribution in [0.15, 0.2) is 18.6 Å². The van der Waals surface area contributed by atoms with Gasteiger partial charge in [0.2, 0.25) is 0 Å². The Morgan fingerprint density at radius 1 is 1.50 bits per heavy atom. The van der Waals surface area contributed by atoms with E-state index < -0.39 is 0 Å². The van der Waals surface area contributed by atoms with Crippen molar-refractivity contribution >= 4 is 11.3 Å². The second-order valence-corrected chi connectivity index (χ2v) is 4.80. The lowest BCUT2D eigenvalue weighted by Gasteiger charge is -2.09. The molecule has 4 nitrogen and oxygen atoms in total. The van der Waals surface area contributed by atoms with Crippen LogP contribution in [-0.4, -0.2) is 15.0 Å². The molecule has 2 N–H and O–H groups in total. The quantitative estimate of drug-likeness (QED) is 0.837. The van der Waals surface area contributed by atoms with Gasteiger partial charge in [-0.15, -0.1) is 11.3 Å². The summed E-state index contributed by atoms with van der Waals surface area (Å²) in [6, 6.07) is 0.274. The molecule has 0 bridgehead atoms. The summed E-state index contributed by atoms with van der Waals surface area (Å²) in [4.78, 5) is 13.0. The van der Waals surface area contributed by atoms with Gasteiger partial charge in [0.1, 0.15) is 10.8 Å². The molecule has 16 heavy (non-hydrogen) atoms. The molecule has 5 heteroatoms. The minimum atomic E-state index is 0.274. The van der Waals surface area contributed by atoms with Crippen LogP contribution in [0.3, 0.4) is 0 Å². The van der Waals surface area contributed by atoms with Gasteiger partial charge in [-0.25, -0.2) is 9.97 Å². The number of aryl methyl sites for hydroxylation is 1. The molecule has 2 aromatic heterocycles. The Morgan fingerprint density at radius 2 is 2.38 bits per heavy atom. The fourth-order valence-electron chi connectivity index (χ4n) is 1.42. The van der Waals surface area contributed by atoms with Gasteiger partial charge in [-0.05, 0) is 13.3 Å². The van der Waals surface area contributed by atoms with Gasteiger partial charge in [0, 0.05) is 23.5 Å². The SMILES string of the molecule is CCc1cnc(C(C)NCc2ncc[nH]2)s1. The molecule has 0 aliphatic heterocycles. The van der Waals surface area contributed by atoms with E-state index in [0.717, 1.165) is 23.8 Å². The Balaban J connectivity index is 1.90. The molecule has 0 fully saturated rings. The number of imidazole rings is 1. The topological polar surface area (TPSA) is 53.6 Å². The fourth-order valence-corrected chi connectivity index (χ4v) is 2.30. The highest BCUT2D eigenvalue weighted by molar-refractivity contribution is 7.11. The average Bonchev–Trinajstić information content (AvgIpc) is 2.96. The molecule has 1 unspecified atom stereocenters. The smallest absolute Gasteiger partial charge is 0.120 e. The number of thiazole rings is 1. The van der Waals surface area contributed by atoms with Gasteiger partial charge >= 0.3 is 0 Å². The van der Waals surface area contributed by atoms with Crippen LogP contribution in [0.25, 0.3) is 0 Å². The molecule has 0 amide bonds. The maximum absolute atomic E-state index is 4.41. The van der Waals surface area contributed by atoms with Crippen molar-refractivity contribution in [2.75, 3.05) is 0 Å². The Kier molecular flexibility index (Phi) is 3.69. The summed E-state index contributed by atoms with van der Waals surface area (Å²) in [5, 5.41) is 4.53. The standard InChI is InChI=1S/C11H16N4S/c1-3-9-6-15-11(16-9)8(2)14-7-10-12-4-5-13-10/h4-6,8,14H,3,7H2,1-2H3,(H,12,13). The summed E-state index contributed by atoms with van der Waals surface area (Å²) in [5.74, 6) is 0.958. The largest absolute Gasteiger partial charge is 0.348 e. The Hall–Kier alpha value is -1.20. The highest BCUT2D eigenvalue weighted by Crippen LogP contribution is 2.20. The third-order valence-electron chi connectivity index (χ3n) is 2.42. The molecule has 0 aromatic carbocycles. The summed E-state index contributed by atoms with van der Waals surface area (Å²) >= 11 is 1.77. The minimum Gasteiger partial charge on any atom is -0.348 e. The summed E-state index contributed by atoms with van der Waals surface area (Å²) in [6.07, 6.45) is 6.62. The number of aromatic amines is 1. The van der Waals surface area contributed by atoms with Crippen LogP contribution in [0.1, 0.15) is 35.6 Å². The number of nitrogens with zero attached hydrogens (tertiary/aromatic N) is 2. The summed E-state index contributed by atoms with van der Waals surface area (Å²) in [6.45, 7) is 5.02. The maximum atomic E-state index is 4.41. The number of rotatable bonds is 5. The average molecular weight is 236 g/mol. The normalized spacial score (nSPS) is 12.9. The second kappa shape index (κ2) is 5.23. The van der Waals surface area contributed by atoms with E-state index in [9.17, 15) is 0 Å². The van der Waals surface area contributed by atoms with E-state index >= 15 is 0 Å². The predicted octanol–water partition coefficient (Wildman–Crippen LogP) is 2.28. The zero-order valence-corrected chi connectivity index (χ0v) is 10.3. The summed E-state index contributed by atoms with van der Waals surface area (Å²) in [5.41, 5.74) is 0. The van der Waals surface area contributed by atoms with Gasteiger partial charge in [-0.2, -0.15) is 0 Å². The number of hydrogen-bond donors (Lipinski definition) is 2. The lowest BCUT2D eigenvalue weighted by atomic mass is 10.3. The van der Waals surface area contributed by atoms with E-state index in [1.807, 2.05) is 12.4 Å². The molecule has 0 saturated heterocycles. The van der Waals surface area contributed by atoms with Crippen molar-refractivity contribution in [3.63, 3.8) is 0 Å². The third-order valence-corrected chi connectivity index (χ3v) is 3.75. The molecule has 2 heterocycles. The van der Waals surface area contributed by atoms with E-state index in [-0.39, 0.29) is 6.04 Å². The predicted molar refractivity (Wildman–Crippen MR) is 65.3 cm³/mol. The van der Waals surface area contributed by atoms with E-state index in [2.05, 4.69) is 34.1 Å². The molecule has 86 valence electrons. The first-order valence-corrected chi connectivity index (χ1v) is 6.27. The van der Waals surface area contributed by atoms with E-state index in [1.165, 1.54) is 4.88 Å². The minimum absolute atomic E-state index is 0.274. The highest BCUT2D eigenvalue weighted by atomic mass is 32.1. The monoisotopic (exact) mass is 236 g/mol. The molecule has 0 radical (unpaired) electrons. The molecular weight excluding hydrogens is 220 g/mol. The van der Waals surface area contributed by atoms with Gasteiger partial charge in [0.05, 0.1) is 12.6 Å². The van der Waals surface area contributed by atoms with Gasteiger partial charge < -0.3 is 10.3 Å². The highest BCUT2D eigenvalue weighted by Gasteiger charge is 2.09. The maximum Gasteiger partial charge on any atom is 0.120 e. The van der Waals surface area contributed by atoms with Gasteiger partial charge in [-0.3, -0.25) is 0 Å². The van der Waals surface area contributed by atoms with Crippen molar-refractivity contribution in [1.82, 2.24) is 20.3 Å². The van der Waals surface area contributed by atoms with E-state index in [4.69, 9.17) is 0 Å². The van der Waals surface area contributed by atoms with Crippen LogP contribution in [0.4, 0.5) is 0 Å². The Morgan fingerprint density at radius 3 is 3.00 bits per heavy atom. The van der Waals surface area contributed by atoms with Crippen LogP contribution in [0.2, 0.25) is 0 Å². The van der Waals surface area contributed by atoms with Crippen molar-refractivity contribution in [3.8, 4) is 0 Å². The van der Waals surface area contributed by atoms with Crippen LogP contribution < -0.4 is 5.32 Å². The lowest BCUT2D eigenvalue weighted by molar-refractivity contribution is 0.559. The first-order valence-electron chi connectivity index (χ1n) is 5.46. The summed E-state index contributed by atoms with van der Waals surface area (Å²) in [7, 11) is 0. The molecule has 0 aliphatic carbocycles. The van der Waals surface area contributed by atoms with Crippen LogP contribution in [0.5, 0.6) is 0 Å². The number of aromatic nitrogens is 3. The van der Waals surface area contributed by atoms with Gasteiger partial charge in [0.25, 0.3) is 0 Å². The molecule has 1 atom stereocenters. The number of nitrogens with one attached hydrogen (secondary N) is 2. The van der Waals surface area contributed by atoms with Crippen LogP contribution in [0, 0.1) is 0 Å². The Labute approximate surface area is 99.2 Å². The van der Waals surface area contributed by atoms with Crippen molar-refractivity contribution in [3.05, 3.63) is 34.3 Å². The molecule has 0 aliphatic rings. The fraction of sp³-hybridized carbons (Fsp3) is 0.455. The zero-order chi connectivity index (χ0) is 11.4. The van der Waals surface area contributed by atoms with Crippen LogP contribution in [-0.2, 0) is 13.0 Å². The molecular formula is C11H16N4S. The summed E-state index contributed by atoms with van der Waals surface area (Å²) < 4.78 is 0. The van der Waals surface area contributed by atoms with Gasteiger partial charge in [-0.1, -0.05) is 6.92 Å². The molecule has 0 spiro atoms. The molecule has 0 saturated carbocycles. The molecule has 2 rings (SSSR count). The van der Waals surface area contributed by atoms with E-state index in [0.29, 0.717) is 0 Å². The lowest BCUT2D eigenvalue weighted by Crippen LogP contribution is -2.18. The van der Waals surface area contributed by atoms with Crippen molar-refractivity contribution in [2.24, 2.45) is 0 Å². The number of H-pyrrole nitrogens is 1. The number of hydrogen-bond acceptors (Lipinski definition) is 4. The third kappa shape index (κ3) is 2.68. The van der Waals surface area contributed by atoms with Crippen LogP contribution >= 0.6 is 11.3 Å². The first-order chi connectivity index (χ1) is 7.79.